The molecule has 2 heterocycles. The van der Waals surface area contributed by atoms with Gasteiger partial charge >= 0.3 is 5.97 Å². The number of rotatable bonds is 4. The molecule has 0 radical (unpaired) electrons. The zero-order valence-corrected chi connectivity index (χ0v) is 11.3. The Bertz CT molecular complexity index is 478. The van der Waals surface area contributed by atoms with Crippen molar-refractivity contribution >= 4 is 17.5 Å². The number of aromatic nitrogens is 1. The van der Waals surface area contributed by atoms with Crippen LogP contribution in [0, 0.1) is 0 Å². The van der Waals surface area contributed by atoms with Crippen LogP contribution in [0.1, 0.15) is 23.2 Å². The molecule has 2 rings (SSSR count). The second kappa shape index (κ2) is 5.44. The van der Waals surface area contributed by atoms with Crippen molar-refractivity contribution < 1.29 is 9.90 Å². The molecular formula is C13H20N4O2. The second-order valence-electron chi connectivity index (χ2n) is 5.10. The first-order chi connectivity index (χ1) is 8.99. The third-order valence-corrected chi connectivity index (χ3v) is 3.66. The summed E-state index contributed by atoms with van der Waals surface area (Å²) in [6.45, 7) is 1.97. The number of hydrogen-bond donors (Lipinski definition) is 2. The Balaban J connectivity index is 2.10. The fourth-order valence-corrected chi connectivity index (χ4v) is 2.52. The van der Waals surface area contributed by atoms with Crippen molar-refractivity contribution in [3.63, 3.8) is 0 Å². The highest BCUT2D eigenvalue weighted by atomic mass is 16.4. The second-order valence-corrected chi connectivity index (χ2v) is 5.10. The molecule has 1 saturated heterocycles. The van der Waals surface area contributed by atoms with Crippen LogP contribution in [0.5, 0.6) is 0 Å². The number of carbonyl (C=O) groups is 1. The predicted molar refractivity (Wildman–Crippen MR) is 74.5 cm³/mol. The van der Waals surface area contributed by atoms with E-state index in [9.17, 15) is 4.79 Å². The average Bonchev–Trinajstić information content (AvgIpc) is 2.74. The Labute approximate surface area is 112 Å². The Morgan fingerprint density at radius 3 is 2.95 bits per heavy atom. The van der Waals surface area contributed by atoms with Gasteiger partial charge in [0.1, 0.15) is 0 Å². The molecule has 0 aromatic carbocycles. The van der Waals surface area contributed by atoms with E-state index >= 15 is 0 Å². The summed E-state index contributed by atoms with van der Waals surface area (Å²) in [7, 11) is 4.06. The number of nitrogens with two attached hydrogens (primary N) is 1. The lowest BCUT2D eigenvalue weighted by molar-refractivity contribution is 0.0696. The van der Waals surface area contributed by atoms with Crippen molar-refractivity contribution in [1.29, 1.82) is 0 Å². The minimum absolute atomic E-state index is 0.118. The summed E-state index contributed by atoms with van der Waals surface area (Å²) in [5.74, 6) is -0.366. The van der Waals surface area contributed by atoms with Gasteiger partial charge in [0.05, 0.1) is 11.3 Å². The van der Waals surface area contributed by atoms with E-state index in [-0.39, 0.29) is 5.56 Å². The minimum atomic E-state index is -1.01. The van der Waals surface area contributed by atoms with Crippen LogP contribution >= 0.6 is 0 Å². The molecular weight excluding hydrogens is 244 g/mol. The molecule has 1 fully saturated rings. The molecule has 19 heavy (non-hydrogen) atoms. The van der Waals surface area contributed by atoms with E-state index in [0.717, 1.165) is 13.1 Å². The van der Waals surface area contributed by atoms with E-state index in [1.807, 2.05) is 11.9 Å². The fourth-order valence-electron chi connectivity index (χ4n) is 2.52. The molecule has 1 atom stereocenters. The zero-order chi connectivity index (χ0) is 14.0. The van der Waals surface area contributed by atoms with Crippen LogP contribution in [-0.2, 0) is 0 Å². The zero-order valence-electron chi connectivity index (χ0n) is 11.3. The Morgan fingerprint density at radius 1 is 1.68 bits per heavy atom. The summed E-state index contributed by atoms with van der Waals surface area (Å²) >= 11 is 0. The number of hydrogen-bond acceptors (Lipinski definition) is 5. The molecule has 1 unspecified atom stereocenters. The number of carboxylic acids is 1. The number of carboxylic acid groups (broad SMARTS) is 1. The van der Waals surface area contributed by atoms with Gasteiger partial charge in [0.15, 0.2) is 5.82 Å². The number of nitrogens with zero attached hydrogens (tertiary/aromatic N) is 3. The molecule has 0 aliphatic carbocycles. The Morgan fingerprint density at radius 2 is 2.42 bits per heavy atom. The summed E-state index contributed by atoms with van der Waals surface area (Å²) in [5.41, 5.74) is 6.41. The van der Waals surface area contributed by atoms with Crippen molar-refractivity contribution in [2.75, 3.05) is 37.8 Å². The van der Waals surface area contributed by atoms with Crippen LogP contribution in [0.2, 0.25) is 0 Å². The largest absolute Gasteiger partial charge is 0.478 e. The van der Waals surface area contributed by atoms with Gasteiger partial charge < -0.3 is 20.6 Å². The summed E-state index contributed by atoms with van der Waals surface area (Å²) < 4.78 is 0. The summed E-state index contributed by atoms with van der Waals surface area (Å²) in [6.07, 6.45) is 3.74. The Hall–Kier alpha value is -1.82. The van der Waals surface area contributed by atoms with Crippen molar-refractivity contribution in [1.82, 2.24) is 9.88 Å². The van der Waals surface area contributed by atoms with E-state index < -0.39 is 5.97 Å². The van der Waals surface area contributed by atoms with Crippen LogP contribution < -0.4 is 10.6 Å². The van der Waals surface area contributed by atoms with Crippen molar-refractivity contribution in [3.8, 4) is 0 Å². The maximum atomic E-state index is 10.8. The van der Waals surface area contributed by atoms with Crippen LogP contribution in [0.25, 0.3) is 0 Å². The van der Waals surface area contributed by atoms with E-state index in [2.05, 4.69) is 16.9 Å². The molecule has 6 heteroatoms. The van der Waals surface area contributed by atoms with Gasteiger partial charge in [0.25, 0.3) is 0 Å². The number of likely N-dealkylation sites (tertiary alicyclic amines) is 1. The summed E-state index contributed by atoms with van der Waals surface area (Å²) in [5, 5.41) is 8.89. The van der Waals surface area contributed by atoms with Crippen molar-refractivity contribution in [3.05, 3.63) is 17.8 Å². The number of pyridine rings is 1. The minimum Gasteiger partial charge on any atom is -0.478 e. The number of anilines is 2. The topological polar surface area (TPSA) is 82.7 Å². The predicted octanol–water partition coefficient (Wildman–Crippen LogP) is 0.892. The third-order valence-electron chi connectivity index (χ3n) is 3.66. The Kier molecular flexibility index (Phi) is 3.90. The molecule has 3 N–H and O–H groups in total. The first kappa shape index (κ1) is 13.6. The summed E-state index contributed by atoms with van der Waals surface area (Å²) in [6, 6.07) is 1.96. The van der Waals surface area contributed by atoms with Gasteiger partial charge in [-0.05, 0) is 32.5 Å². The molecule has 0 bridgehead atoms. The van der Waals surface area contributed by atoms with Crippen LogP contribution in [-0.4, -0.2) is 54.2 Å². The maximum absolute atomic E-state index is 10.8. The molecule has 0 amide bonds. The maximum Gasteiger partial charge on any atom is 0.337 e. The highest BCUT2D eigenvalue weighted by Gasteiger charge is 2.23. The number of aromatic carboxylic acids is 1. The molecule has 1 aliphatic rings. The molecule has 104 valence electrons. The standard InChI is InChI=1S/C13H20N4O2/c1-16-5-3-4-10(16)8-17(2)12-11(14)6-9(7-15-12)13(18)19/h6-7,10H,3-5,8,14H2,1-2H3,(H,18,19). The van der Waals surface area contributed by atoms with E-state index in [1.165, 1.54) is 25.1 Å². The lowest BCUT2D eigenvalue weighted by atomic mass is 10.2. The number of likely N-dealkylation sites (N-methyl/N-ethyl adjacent to an activating group) is 2. The molecule has 1 aromatic rings. The average molecular weight is 264 g/mol. The van der Waals surface area contributed by atoms with E-state index in [4.69, 9.17) is 10.8 Å². The molecule has 0 spiro atoms. The highest BCUT2D eigenvalue weighted by molar-refractivity contribution is 5.89. The van der Waals surface area contributed by atoms with Gasteiger partial charge in [0.2, 0.25) is 0 Å². The summed E-state index contributed by atoms with van der Waals surface area (Å²) in [4.78, 5) is 19.3. The number of nitrogen functional groups attached to an aromatic ring is 1. The molecule has 6 nitrogen and oxygen atoms in total. The van der Waals surface area contributed by atoms with Crippen LogP contribution in [0.4, 0.5) is 11.5 Å². The van der Waals surface area contributed by atoms with Crippen LogP contribution in [0.15, 0.2) is 12.3 Å². The normalized spacial score (nSPS) is 19.6. The SMILES string of the molecule is CN(CC1CCCN1C)c1ncc(C(=O)O)cc1N. The monoisotopic (exact) mass is 264 g/mol. The van der Waals surface area contributed by atoms with Gasteiger partial charge in [-0.2, -0.15) is 0 Å². The van der Waals surface area contributed by atoms with E-state index in [0.29, 0.717) is 17.5 Å². The van der Waals surface area contributed by atoms with E-state index in [1.54, 1.807) is 0 Å². The highest BCUT2D eigenvalue weighted by Crippen LogP contribution is 2.23. The molecule has 1 aliphatic heterocycles. The lowest BCUT2D eigenvalue weighted by Gasteiger charge is -2.27. The first-order valence-electron chi connectivity index (χ1n) is 6.39. The van der Waals surface area contributed by atoms with Gasteiger partial charge in [0, 0.05) is 25.8 Å². The van der Waals surface area contributed by atoms with Gasteiger partial charge in [-0.25, -0.2) is 9.78 Å². The van der Waals surface area contributed by atoms with Gasteiger partial charge in [-0.15, -0.1) is 0 Å². The van der Waals surface area contributed by atoms with Crippen molar-refractivity contribution in [2.24, 2.45) is 0 Å². The van der Waals surface area contributed by atoms with Gasteiger partial charge in [-0.1, -0.05) is 0 Å². The lowest BCUT2D eigenvalue weighted by Crippen LogP contribution is -2.37. The first-order valence-corrected chi connectivity index (χ1v) is 6.39. The third kappa shape index (κ3) is 2.96. The molecule has 0 saturated carbocycles. The van der Waals surface area contributed by atoms with Gasteiger partial charge in [-0.3, -0.25) is 0 Å². The molecule has 1 aromatic heterocycles. The quantitative estimate of drug-likeness (QED) is 0.840. The smallest absolute Gasteiger partial charge is 0.337 e. The van der Waals surface area contributed by atoms with Crippen LogP contribution in [0.3, 0.4) is 0 Å². The van der Waals surface area contributed by atoms with Crippen molar-refractivity contribution in [2.45, 2.75) is 18.9 Å². The fraction of sp³-hybridized carbons (Fsp3) is 0.538.